The lowest BCUT2D eigenvalue weighted by Crippen LogP contribution is -1.96. The molecule has 33 heavy (non-hydrogen) atoms. The van der Waals surface area contributed by atoms with Crippen LogP contribution in [0.25, 0.3) is 44.1 Å². The Morgan fingerprint density at radius 3 is 2.00 bits per heavy atom. The Balaban J connectivity index is 0.000000406. The summed E-state index contributed by atoms with van der Waals surface area (Å²) in [4.78, 5) is 16.1. The first-order valence-corrected chi connectivity index (χ1v) is 11.0. The van der Waals surface area contributed by atoms with E-state index in [0.717, 1.165) is 27.5 Å². The lowest BCUT2D eigenvalue weighted by Gasteiger charge is -2.15. The molecule has 0 spiro atoms. The highest BCUT2D eigenvalue weighted by Crippen LogP contribution is 2.37. The van der Waals surface area contributed by atoms with Crippen LogP contribution in [0.4, 0.5) is 0 Å². The second kappa shape index (κ2) is 9.05. The molecule has 3 heterocycles. The third kappa shape index (κ3) is 3.99. The molecule has 3 aromatic carbocycles. The lowest BCUT2D eigenvalue weighted by molar-refractivity contribution is 1.20. The predicted molar refractivity (Wildman–Crippen MR) is 136 cm³/mol. The molecule has 6 rings (SSSR count). The molecule has 0 saturated heterocycles. The van der Waals surface area contributed by atoms with Gasteiger partial charge < -0.3 is 4.98 Å². The molecule has 0 amide bonds. The van der Waals surface area contributed by atoms with Gasteiger partial charge in [0, 0.05) is 35.1 Å². The fraction of sp³-hybridized carbons (Fsp3) is 0.0690. The van der Waals surface area contributed by atoms with Gasteiger partial charge in [0.05, 0.1) is 17.4 Å². The SMILES string of the molecule is Cc1nc2c(ccc3c(-c4ccccc4)ccnc32)c(-c2ccccc2)c1C.c1c[nH]cn1. The number of H-pyrrole nitrogens is 1. The van der Waals surface area contributed by atoms with Crippen molar-refractivity contribution in [2.24, 2.45) is 0 Å². The molecule has 3 aromatic heterocycles. The Morgan fingerprint density at radius 2 is 1.36 bits per heavy atom. The number of aromatic amines is 1. The molecule has 4 nitrogen and oxygen atoms in total. The summed E-state index contributed by atoms with van der Waals surface area (Å²) < 4.78 is 0. The van der Waals surface area contributed by atoms with Crippen LogP contribution in [0.2, 0.25) is 0 Å². The second-order valence-corrected chi connectivity index (χ2v) is 7.91. The third-order valence-electron chi connectivity index (χ3n) is 5.91. The number of nitrogens with zero attached hydrogens (tertiary/aromatic N) is 3. The average Bonchev–Trinajstić information content (AvgIpc) is 3.46. The molecule has 6 aromatic rings. The van der Waals surface area contributed by atoms with E-state index in [9.17, 15) is 0 Å². The van der Waals surface area contributed by atoms with Gasteiger partial charge in [0.2, 0.25) is 0 Å². The Bertz CT molecular complexity index is 1490. The van der Waals surface area contributed by atoms with Crippen LogP contribution in [0.1, 0.15) is 11.3 Å². The molecule has 0 fully saturated rings. The molecule has 0 unspecified atom stereocenters. The van der Waals surface area contributed by atoms with Crippen molar-refractivity contribution in [3.8, 4) is 22.3 Å². The maximum Gasteiger partial charge on any atom is 0.0974 e. The van der Waals surface area contributed by atoms with Crippen LogP contribution in [-0.4, -0.2) is 19.9 Å². The van der Waals surface area contributed by atoms with Gasteiger partial charge >= 0.3 is 0 Å². The van der Waals surface area contributed by atoms with E-state index < -0.39 is 0 Å². The molecule has 0 aliphatic carbocycles. The lowest BCUT2D eigenvalue weighted by atomic mass is 9.93. The minimum absolute atomic E-state index is 0.958. The van der Waals surface area contributed by atoms with E-state index in [1.165, 1.54) is 27.8 Å². The van der Waals surface area contributed by atoms with E-state index in [1.54, 1.807) is 18.7 Å². The van der Waals surface area contributed by atoms with Gasteiger partial charge in [-0.1, -0.05) is 72.8 Å². The molecule has 1 N–H and O–H groups in total. The zero-order chi connectivity index (χ0) is 22.6. The fourth-order valence-electron chi connectivity index (χ4n) is 4.21. The first kappa shape index (κ1) is 20.6. The van der Waals surface area contributed by atoms with E-state index in [2.05, 4.69) is 96.6 Å². The van der Waals surface area contributed by atoms with Crippen LogP contribution in [0.3, 0.4) is 0 Å². The van der Waals surface area contributed by atoms with Crippen molar-refractivity contribution < 1.29 is 0 Å². The molecular formula is C29H24N4. The number of aromatic nitrogens is 4. The van der Waals surface area contributed by atoms with E-state index in [-0.39, 0.29) is 0 Å². The van der Waals surface area contributed by atoms with Crippen LogP contribution in [0, 0.1) is 13.8 Å². The van der Waals surface area contributed by atoms with Crippen molar-refractivity contribution in [1.82, 2.24) is 19.9 Å². The number of pyridine rings is 2. The molecule has 0 atom stereocenters. The smallest absolute Gasteiger partial charge is 0.0974 e. The average molecular weight is 429 g/mol. The van der Waals surface area contributed by atoms with Crippen molar-refractivity contribution in [2.45, 2.75) is 13.8 Å². The first-order valence-electron chi connectivity index (χ1n) is 11.0. The van der Waals surface area contributed by atoms with E-state index >= 15 is 0 Å². The Morgan fingerprint density at radius 1 is 0.667 bits per heavy atom. The summed E-state index contributed by atoms with van der Waals surface area (Å²) in [5.41, 5.74) is 9.04. The summed E-state index contributed by atoms with van der Waals surface area (Å²) in [6.07, 6.45) is 6.98. The molecule has 0 bridgehead atoms. The minimum atomic E-state index is 0.958. The Kier molecular flexibility index (Phi) is 5.64. The summed E-state index contributed by atoms with van der Waals surface area (Å²) in [6, 6.07) is 27.5. The Hall–Kier alpha value is -4.31. The van der Waals surface area contributed by atoms with Crippen molar-refractivity contribution in [3.05, 3.63) is 115 Å². The van der Waals surface area contributed by atoms with Crippen LogP contribution in [0.5, 0.6) is 0 Å². The third-order valence-corrected chi connectivity index (χ3v) is 5.91. The van der Waals surface area contributed by atoms with Crippen LogP contribution in [-0.2, 0) is 0 Å². The number of aryl methyl sites for hydroxylation is 1. The van der Waals surface area contributed by atoms with Gasteiger partial charge in [0.1, 0.15) is 0 Å². The van der Waals surface area contributed by atoms with Gasteiger partial charge in [-0.05, 0) is 47.7 Å². The summed E-state index contributed by atoms with van der Waals surface area (Å²) >= 11 is 0. The van der Waals surface area contributed by atoms with Gasteiger partial charge in [0.25, 0.3) is 0 Å². The number of imidazole rings is 1. The van der Waals surface area contributed by atoms with Crippen molar-refractivity contribution in [1.29, 1.82) is 0 Å². The van der Waals surface area contributed by atoms with Crippen molar-refractivity contribution in [2.75, 3.05) is 0 Å². The zero-order valence-corrected chi connectivity index (χ0v) is 18.7. The quantitative estimate of drug-likeness (QED) is 0.298. The standard InChI is InChI=1S/C26H20N2.C3H4N2/c1-17-18(2)28-26-23(24(17)20-11-7-4-8-12-20)14-13-22-21(15-16-27-25(22)26)19-9-5-3-6-10-19;1-2-5-3-4-1/h3-16H,1-2H3;1-3H,(H,4,5). The molecular weight excluding hydrogens is 404 g/mol. The van der Waals surface area contributed by atoms with Crippen LogP contribution >= 0.6 is 0 Å². The molecule has 0 saturated carbocycles. The van der Waals surface area contributed by atoms with Gasteiger partial charge in [-0.3, -0.25) is 9.97 Å². The largest absolute Gasteiger partial charge is 0.351 e. The van der Waals surface area contributed by atoms with Gasteiger partial charge in [-0.15, -0.1) is 0 Å². The van der Waals surface area contributed by atoms with Crippen LogP contribution in [0.15, 0.2) is 104 Å². The number of fused-ring (bicyclic) bond motifs is 3. The molecule has 0 aliphatic rings. The number of hydrogen-bond donors (Lipinski definition) is 1. The van der Waals surface area contributed by atoms with Gasteiger partial charge in [-0.25, -0.2) is 4.98 Å². The highest BCUT2D eigenvalue weighted by atomic mass is 14.8. The van der Waals surface area contributed by atoms with Gasteiger partial charge in [-0.2, -0.15) is 0 Å². The molecule has 0 aliphatic heterocycles. The zero-order valence-electron chi connectivity index (χ0n) is 18.7. The highest BCUT2D eigenvalue weighted by molar-refractivity contribution is 6.12. The number of hydrogen-bond acceptors (Lipinski definition) is 3. The summed E-state index contributed by atoms with van der Waals surface area (Å²) in [5.74, 6) is 0. The summed E-state index contributed by atoms with van der Waals surface area (Å²) in [7, 11) is 0. The number of rotatable bonds is 2. The number of benzene rings is 3. The predicted octanol–water partition coefficient (Wildman–Crippen LogP) is 7.14. The van der Waals surface area contributed by atoms with E-state index in [0.29, 0.717) is 0 Å². The minimum Gasteiger partial charge on any atom is -0.351 e. The monoisotopic (exact) mass is 428 g/mol. The highest BCUT2D eigenvalue weighted by Gasteiger charge is 2.15. The maximum atomic E-state index is 4.96. The molecule has 4 heteroatoms. The number of nitrogens with one attached hydrogen (secondary N) is 1. The molecule has 160 valence electrons. The van der Waals surface area contributed by atoms with E-state index in [4.69, 9.17) is 9.97 Å². The van der Waals surface area contributed by atoms with Crippen molar-refractivity contribution >= 4 is 21.8 Å². The topological polar surface area (TPSA) is 54.5 Å². The fourth-order valence-corrected chi connectivity index (χ4v) is 4.21. The molecule has 0 radical (unpaired) electrons. The van der Waals surface area contributed by atoms with Gasteiger partial charge in [0.15, 0.2) is 0 Å². The maximum absolute atomic E-state index is 4.96. The second-order valence-electron chi connectivity index (χ2n) is 7.91. The Labute approximate surface area is 193 Å². The van der Waals surface area contributed by atoms with Crippen molar-refractivity contribution in [3.63, 3.8) is 0 Å². The first-order chi connectivity index (χ1) is 16.2. The summed E-state index contributed by atoms with van der Waals surface area (Å²) in [5, 5.41) is 2.29. The van der Waals surface area contributed by atoms with Crippen LogP contribution < -0.4 is 0 Å². The summed E-state index contributed by atoms with van der Waals surface area (Å²) in [6.45, 7) is 4.24. The van der Waals surface area contributed by atoms with E-state index in [1.807, 2.05) is 12.3 Å². The normalized spacial score (nSPS) is 10.7.